The molecule has 2 bridgehead atoms. The predicted molar refractivity (Wildman–Crippen MR) is 146 cm³/mol. The molecule has 2 aliphatic rings. The van der Waals surface area contributed by atoms with E-state index in [-0.39, 0.29) is 63.3 Å². The van der Waals surface area contributed by atoms with E-state index in [0.717, 1.165) is 12.1 Å². The maximum Gasteiger partial charge on any atom is 0.280 e. The van der Waals surface area contributed by atoms with Gasteiger partial charge in [-0.1, -0.05) is 18.5 Å². The molecule has 3 aromatic rings. The lowest BCUT2D eigenvalue weighted by atomic mass is 9.73. The van der Waals surface area contributed by atoms with Crippen molar-refractivity contribution in [2.24, 2.45) is 17.8 Å². The predicted octanol–water partition coefficient (Wildman–Crippen LogP) is 4.70. The molecule has 2 amide bonds. The van der Waals surface area contributed by atoms with Crippen LogP contribution in [0.1, 0.15) is 46.3 Å². The number of fused-ring (bicyclic) bond motifs is 2. The molecule has 1 unspecified atom stereocenters. The van der Waals surface area contributed by atoms with E-state index in [9.17, 15) is 31.9 Å². The molecular weight excluding hydrogens is 584 g/mol. The van der Waals surface area contributed by atoms with Gasteiger partial charge in [0.05, 0.1) is 20.8 Å². The van der Waals surface area contributed by atoms with Crippen molar-refractivity contribution in [3.05, 3.63) is 75.2 Å². The van der Waals surface area contributed by atoms with E-state index in [4.69, 9.17) is 11.6 Å². The largest absolute Gasteiger partial charge is 0.387 e. The summed E-state index contributed by atoms with van der Waals surface area (Å²) in [5.41, 5.74) is -1.29. The first-order valence-electron chi connectivity index (χ1n) is 12.6. The van der Waals surface area contributed by atoms with Crippen molar-refractivity contribution >= 4 is 50.3 Å². The summed E-state index contributed by atoms with van der Waals surface area (Å²) < 4.78 is 54.4. The number of hydrogen-bond acceptors (Lipinski definition) is 7. The molecule has 212 valence electrons. The Morgan fingerprint density at radius 3 is 2.58 bits per heavy atom. The van der Waals surface area contributed by atoms with E-state index in [1.54, 1.807) is 5.38 Å². The number of aliphatic hydroxyl groups is 1. The van der Waals surface area contributed by atoms with Crippen LogP contribution in [0.4, 0.5) is 14.5 Å². The Hall–Kier alpha value is -2.93. The summed E-state index contributed by atoms with van der Waals surface area (Å²) in [5, 5.41) is 17.9. The lowest BCUT2D eigenvalue weighted by molar-refractivity contribution is -0.0598. The van der Waals surface area contributed by atoms with Crippen LogP contribution in [0.5, 0.6) is 0 Å². The molecule has 0 radical (unpaired) electrons. The third-order valence-electron chi connectivity index (χ3n) is 8.03. The number of carbonyl (C=O) groups is 2. The number of nitrogens with zero attached hydrogens (tertiary/aromatic N) is 1. The number of amides is 2. The van der Waals surface area contributed by atoms with Gasteiger partial charge in [0.15, 0.2) is 26.5 Å². The second-order valence-electron chi connectivity index (χ2n) is 10.4. The van der Waals surface area contributed by atoms with Crippen LogP contribution in [0.15, 0.2) is 52.9 Å². The van der Waals surface area contributed by atoms with Crippen molar-refractivity contribution in [1.29, 1.82) is 0 Å². The average Bonchev–Trinajstić information content (AvgIpc) is 3.47. The molecule has 2 fully saturated rings. The minimum absolute atomic E-state index is 0.00216. The highest BCUT2D eigenvalue weighted by Gasteiger charge is 2.58. The molecule has 0 aliphatic heterocycles. The third-order valence-corrected chi connectivity index (χ3v) is 11.5. The van der Waals surface area contributed by atoms with Gasteiger partial charge in [0.2, 0.25) is 0 Å². The van der Waals surface area contributed by atoms with Crippen molar-refractivity contribution in [1.82, 2.24) is 10.3 Å². The van der Waals surface area contributed by atoms with Gasteiger partial charge in [-0.3, -0.25) is 9.59 Å². The van der Waals surface area contributed by atoms with Gasteiger partial charge in [-0.05, 0) is 67.3 Å². The SMILES string of the molecule is C[C@H]1CC2C[C@@H](S(=O)(=O)c3cc(C(=O)Nc4ccc(F)c(F)c4)ccc3Cl)C[C@H]1[C@@]2(O)CNC(=O)c1nccs1. The van der Waals surface area contributed by atoms with Crippen LogP contribution < -0.4 is 10.6 Å². The van der Waals surface area contributed by atoms with Crippen LogP contribution in [0.3, 0.4) is 0 Å². The average molecular weight is 610 g/mol. The Morgan fingerprint density at radius 2 is 1.90 bits per heavy atom. The van der Waals surface area contributed by atoms with Crippen molar-refractivity contribution in [2.75, 3.05) is 11.9 Å². The summed E-state index contributed by atoms with van der Waals surface area (Å²) in [6, 6.07) is 6.69. The first kappa shape index (κ1) is 28.6. The standard InChI is InChI=1S/C27H26ClF2N3O5S2/c1-14-8-16-10-18(12-19(14)27(16,36)13-32-25(35)26-31-6-7-39-26)40(37,38)23-9-15(2-4-20(23)28)24(34)33-17-3-5-21(29)22(30)11-17/h2-7,9,11,14,16,18-19,36H,8,10,12-13H2,1H3,(H,32,35)(H,33,34)/t14-,16?,18+,19+,27+/m0/s1. The second-order valence-corrected chi connectivity index (χ2v) is 13.9. The monoisotopic (exact) mass is 609 g/mol. The number of benzene rings is 2. The third kappa shape index (κ3) is 5.25. The Kier molecular flexibility index (Phi) is 7.73. The van der Waals surface area contributed by atoms with Crippen molar-refractivity contribution in [3.63, 3.8) is 0 Å². The Morgan fingerprint density at radius 1 is 1.12 bits per heavy atom. The molecule has 5 atom stereocenters. The number of rotatable bonds is 7. The van der Waals surface area contributed by atoms with Crippen LogP contribution in [0.25, 0.3) is 0 Å². The zero-order chi connectivity index (χ0) is 28.8. The molecule has 5 rings (SSSR count). The maximum absolute atomic E-state index is 13.8. The first-order chi connectivity index (χ1) is 18.9. The lowest BCUT2D eigenvalue weighted by Crippen LogP contribution is -2.55. The number of halogens is 3. The summed E-state index contributed by atoms with van der Waals surface area (Å²) in [6.45, 7) is 1.95. The van der Waals surface area contributed by atoms with Gasteiger partial charge in [-0.15, -0.1) is 11.3 Å². The molecule has 13 heteroatoms. The quantitative estimate of drug-likeness (QED) is 0.357. The molecule has 2 aliphatic carbocycles. The summed E-state index contributed by atoms with van der Waals surface area (Å²) >= 11 is 7.49. The Labute approximate surface area is 238 Å². The Bertz CT molecular complexity index is 1570. The van der Waals surface area contributed by atoms with Crippen LogP contribution in [-0.4, -0.2) is 47.7 Å². The number of carbonyl (C=O) groups excluding carboxylic acids is 2. The number of hydrogen-bond donors (Lipinski definition) is 3. The summed E-state index contributed by atoms with van der Waals surface area (Å²) in [7, 11) is -4.03. The topological polar surface area (TPSA) is 125 Å². The van der Waals surface area contributed by atoms with E-state index >= 15 is 0 Å². The fraction of sp³-hybridized carbons (Fsp3) is 0.370. The van der Waals surface area contributed by atoms with E-state index in [1.807, 2.05) is 6.92 Å². The first-order valence-corrected chi connectivity index (χ1v) is 15.4. The van der Waals surface area contributed by atoms with Gasteiger partial charge in [0.1, 0.15) is 0 Å². The van der Waals surface area contributed by atoms with Gasteiger partial charge in [-0.25, -0.2) is 22.2 Å². The van der Waals surface area contributed by atoms with Crippen molar-refractivity contribution < 1.29 is 31.9 Å². The van der Waals surface area contributed by atoms with Crippen LogP contribution in [-0.2, 0) is 9.84 Å². The highest BCUT2D eigenvalue weighted by atomic mass is 35.5. The number of nitrogens with one attached hydrogen (secondary N) is 2. The Balaban J connectivity index is 1.34. The van der Waals surface area contributed by atoms with E-state index in [0.29, 0.717) is 6.42 Å². The molecule has 0 spiro atoms. The number of anilines is 1. The maximum atomic E-state index is 13.8. The second kappa shape index (κ2) is 10.8. The van der Waals surface area contributed by atoms with Gasteiger partial charge in [0.25, 0.3) is 11.8 Å². The highest BCUT2D eigenvalue weighted by molar-refractivity contribution is 7.92. The minimum atomic E-state index is -4.03. The summed E-state index contributed by atoms with van der Waals surface area (Å²) in [4.78, 5) is 29.0. The van der Waals surface area contributed by atoms with Gasteiger partial charge in [0, 0.05) is 35.4 Å². The molecule has 1 aromatic heterocycles. The van der Waals surface area contributed by atoms with Gasteiger partial charge < -0.3 is 15.7 Å². The smallest absolute Gasteiger partial charge is 0.280 e. The fourth-order valence-electron chi connectivity index (χ4n) is 6.03. The molecule has 1 heterocycles. The number of sulfone groups is 1. The molecule has 2 saturated carbocycles. The molecular formula is C27H26ClF2N3O5S2. The molecule has 2 aromatic carbocycles. The van der Waals surface area contributed by atoms with E-state index in [2.05, 4.69) is 15.6 Å². The van der Waals surface area contributed by atoms with Crippen LogP contribution >= 0.6 is 22.9 Å². The van der Waals surface area contributed by atoms with Gasteiger partial charge >= 0.3 is 0 Å². The lowest BCUT2D eigenvalue weighted by Gasteiger charge is -2.43. The number of thiazole rings is 1. The fourth-order valence-corrected chi connectivity index (χ4v) is 8.96. The summed E-state index contributed by atoms with van der Waals surface area (Å²) in [6.07, 6.45) is 2.44. The highest BCUT2D eigenvalue weighted by Crippen LogP contribution is 2.54. The zero-order valence-electron chi connectivity index (χ0n) is 21.2. The van der Waals surface area contributed by atoms with Crippen LogP contribution in [0, 0.1) is 29.4 Å². The zero-order valence-corrected chi connectivity index (χ0v) is 23.6. The summed E-state index contributed by atoms with van der Waals surface area (Å²) in [5.74, 6) is -4.06. The minimum Gasteiger partial charge on any atom is -0.387 e. The normalized spacial score (nSPS) is 25.9. The molecule has 3 N–H and O–H groups in total. The van der Waals surface area contributed by atoms with E-state index in [1.165, 1.54) is 41.8 Å². The van der Waals surface area contributed by atoms with Crippen LogP contribution in [0.2, 0.25) is 5.02 Å². The molecule has 8 nitrogen and oxygen atoms in total. The van der Waals surface area contributed by atoms with Crippen molar-refractivity contribution in [2.45, 2.75) is 41.9 Å². The molecule has 0 saturated heterocycles. The van der Waals surface area contributed by atoms with Crippen molar-refractivity contribution in [3.8, 4) is 0 Å². The number of aromatic nitrogens is 1. The van der Waals surface area contributed by atoms with Gasteiger partial charge in [-0.2, -0.15) is 0 Å². The van der Waals surface area contributed by atoms with E-state index < -0.39 is 44.1 Å². The molecule has 40 heavy (non-hydrogen) atoms.